The van der Waals surface area contributed by atoms with Crippen LogP contribution in [0, 0.1) is 0 Å². The first kappa shape index (κ1) is 19.0. The first-order valence-corrected chi connectivity index (χ1v) is 14.4. The van der Waals surface area contributed by atoms with Crippen LogP contribution in [-0.4, -0.2) is 5.75 Å². The highest BCUT2D eigenvalue weighted by Crippen LogP contribution is 2.81. The average molecular weight is 395 g/mol. The van der Waals surface area contributed by atoms with E-state index >= 15 is 0 Å². The molecule has 23 heavy (non-hydrogen) atoms. The predicted octanol–water partition coefficient (Wildman–Crippen LogP) is 7.83. The second kappa shape index (κ2) is 9.19. The maximum Gasteiger partial charge on any atom is 0.118 e. The van der Waals surface area contributed by atoms with Crippen molar-refractivity contribution in [2.75, 3.05) is 5.75 Å². The van der Waals surface area contributed by atoms with Crippen molar-refractivity contribution >= 4 is 61.7 Å². The van der Waals surface area contributed by atoms with Gasteiger partial charge in [-0.05, 0) is 41.1 Å². The summed E-state index contributed by atoms with van der Waals surface area (Å²) in [7, 11) is 0. The van der Waals surface area contributed by atoms with Gasteiger partial charge in [0.15, 0.2) is 0 Å². The Bertz CT molecular complexity index is 647. The Balaban J connectivity index is 2.17. The van der Waals surface area contributed by atoms with Gasteiger partial charge in [-0.2, -0.15) is 0 Å². The number of rotatable bonds is 8. The molecular weight excluding hydrogens is 375 g/mol. The van der Waals surface area contributed by atoms with E-state index in [1.54, 1.807) is 0 Å². The lowest BCUT2D eigenvalue weighted by Crippen LogP contribution is -1.76. The lowest BCUT2D eigenvalue weighted by atomic mass is 10.2. The molecule has 0 aliphatic rings. The highest BCUT2D eigenvalue weighted by Gasteiger charge is 2.20. The Labute approximate surface area is 156 Å². The van der Waals surface area contributed by atoms with Crippen LogP contribution in [0.25, 0.3) is 12.2 Å². The maximum absolute atomic E-state index is 6.05. The molecule has 0 saturated carbocycles. The second-order valence-corrected chi connectivity index (χ2v) is 20.2. The molecule has 0 amide bonds. The molecule has 0 N–H and O–H groups in total. The molecule has 120 valence electrons. The normalized spacial score (nSPS) is 11.2. The van der Waals surface area contributed by atoms with Crippen LogP contribution < -0.4 is 0 Å². The van der Waals surface area contributed by atoms with Gasteiger partial charge in [0.2, 0.25) is 0 Å². The quantitative estimate of drug-likeness (QED) is 0.418. The van der Waals surface area contributed by atoms with Gasteiger partial charge < -0.3 is 0 Å². The van der Waals surface area contributed by atoms with Crippen molar-refractivity contribution < 1.29 is 0 Å². The largest absolute Gasteiger partial charge is 0.118 e. The zero-order valence-electron chi connectivity index (χ0n) is 13.0. The van der Waals surface area contributed by atoms with Crippen molar-refractivity contribution in [1.82, 2.24) is 0 Å². The van der Waals surface area contributed by atoms with Crippen LogP contribution in [0.5, 0.6) is 0 Å². The smallest absolute Gasteiger partial charge is 0.104 e. The summed E-state index contributed by atoms with van der Waals surface area (Å²) >= 11 is 11.6. The standard InChI is InChI=1S/C18H19PS4/c1-4-15-7-11-17(12-8-15)22-19(20,21-6-3)23-18-13-9-16(5-2)10-14-18/h4-5,7-14H,1-2,6H2,3H3. The fourth-order valence-electron chi connectivity index (χ4n) is 1.82. The molecule has 0 unspecified atom stereocenters. The molecule has 0 saturated heterocycles. The lowest BCUT2D eigenvalue weighted by Gasteiger charge is -2.19. The summed E-state index contributed by atoms with van der Waals surface area (Å²) < 4.78 is -1.68. The van der Waals surface area contributed by atoms with Crippen molar-refractivity contribution in [3.8, 4) is 0 Å². The van der Waals surface area contributed by atoms with Gasteiger partial charge in [-0.1, -0.05) is 91.1 Å². The molecule has 0 atom stereocenters. The molecule has 0 spiro atoms. The van der Waals surface area contributed by atoms with Crippen molar-refractivity contribution in [3.05, 3.63) is 72.8 Å². The van der Waals surface area contributed by atoms with Crippen LogP contribution in [0.3, 0.4) is 0 Å². The molecule has 0 aliphatic heterocycles. The molecule has 0 fully saturated rings. The second-order valence-electron chi connectivity index (χ2n) is 4.59. The van der Waals surface area contributed by atoms with Crippen molar-refractivity contribution in [2.45, 2.75) is 16.7 Å². The third kappa shape index (κ3) is 5.88. The van der Waals surface area contributed by atoms with Gasteiger partial charge in [0, 0.05) is 9.79 Å². The molecule has 2 aromatic carbocycles. The van der Waals surface area contributed by atoms with E-state index < -0.39 is 3.64 Å². The minimum Gasteiger partial charge on any atom is -0.104 e. The third-order valence-electron chi connectivity index (χ3n) is 2.95. The van der Waals surface area contributed by atoms with Crippen LogP contribution in [0.1, 0.15) is 18.1 Å². The summed E-state index contributed by atoms with van der Waals surface area (Å²) in [5.41, 5.74) is 2.27. The van der Waals surface area contributed by atoms with Gasteiger partial charge in [-0.25, -0.2) is 0 Å². The summed E-state index contributed by atoms with van der Waals surface area (Å²) in [5, 5.41) is 0. The maximum atomic E-state index is 6.05. The van der Waals surface area contributed by atoms with E-state index in [0.717, 1.165) is 16.9 Å². The minimum atomic E-state index is -1.68. The Morgan fingerprint density at radius 2 is 1.26 bits per heavy atom. The molecule has 0 aliphatic carbocycles. The topological polar surface area (TPSA) is 0 Å². The highest BCUT2D eigenvalue weighted by molar-refractivity contribution is 9.23. The summed E-state index contributed by atoms with van der Waals surface area (Å²) in [6.07, 6.45) is 3.72. The molecule has 5 heteroatoms. The average Bonchev–Trinajstić information content (AvgIpc) is 2.56. The molecule has 0 heterocycles. The summed E-state index contributed by atoms with van der Waals surface area (Å²) in [6, 6.07) is 16.9. The van der Waals surface area contributed by atoms with Crippen LogP contribution in [0.4, 0.5) is 0 Å². The van der Waals surface area contributed by atoms with E-state index in [-0.39, 0.29) is 0 Å². The van der Waals surface area contributed by atoms with Gasteiger partial charge >= 0.3 is 0 Å². The number of benzene rings is 2. The van der Waals surface area contributed by atoms with E-state index in [0.29, 0.717) is 0 Å². The molecule has 0 radical (unpaired) electrons. The minimum absolute atomic E-state index is 1.03. The predicted molar refractivity (Wildman–Crippen MR) is 117 cm³/mol. The first-order valence-electron chi connectivity index (χ1n) is 7.17. The number of hydrogen-bond acceptors (Lipinski definition) is 4. The Morgan fingerprint density at radius 1 is 0.870 bits per heavy atom. The molecule has 2 aromatic rings. The Kier molecular flexibility index (Phi) is 7.58. The molecule has 0 aromatic heterocycles. The summed E-state index contributed by atoms with van der Waals surface area (Å²) in [5.74, 6) is 1.03. The Morgan fingerprint density at radius 3 is 1.57 bits per heavy atom. The van der Waals surface area contributed by atoms with Gasteiger partial charge in [-0.15, -0.1) is 11.4 Å². The summed E-state index contributed by atoms with van der Waals surface area (Å²) in [4.78, 5) is 2.46. The molecule has 2 rings (SSSR count). The van der Waals surface area contributed by atoms with Crippen LogP contribution in [0.15, 0.2) is 71.5 Å². The van der Waals surface area contributed by atoms with Crippen LogP contribution in [0.2, 0.25) is 0 Å². The van der Waals surface area contributed by atoms with Crippen LogP contribution in [-0.2, 0) is 11.8 Å². The van der Waals surface area contributed by atoms with E-state index in [2.05, 4.69) is 68.6 Å². The monoisotopic (exact) mass is 394 g/mol. The first-order chi connectivity index (χ1) is 11.1. The van der Waals surface area contributed by atoms with Crippen molar-refractivity contribution in [3.63, 3.8) is 0 Å². The molecular formula is C18H19PS4. The van der Waals surface area contributed by atoms with Gasteiger partial charge in [0.25, 0.3) is 0 Å². The Hall–Kier alpha value is -0.380. The van der Waals surface area contributed by atoms with Gasteiger partial charge in [-0.3, -0.25) is 0 Å². The van der Waals surface area contributed by atoms with Crippen molar-refractivity contribution in [2.24, 2.45) is 0 Å². The van der Waals surface area contributed by atoms with E-state index in [1.807, 2.05) is 46.3 Å². The fourth-order valence-corrected chi connectivity index (χ4v) is 15.7. The highest BCUT2D eigenvalue weighted by atomic mass is 33.5. The van der Waals surface area contributed by atoms with E-state index in [1.165, 1.54) is 9.79 Å². The molecule has 0 nitrogen and oxygen atoms in total. The van der Waals surface area contributed by atoms with E-state index in [9.17, 15) is 0 Å². The van der Waals surface area contributed by atoms with E-state index in [4.69, 9.17) is 11.8 Å². The summed E-state index contributed by atoms with van der Waals surface area (Å²) in [6.45, 7) is 9.77. The van der Waals surface area contributed by atoms with Crippen LogP contribution >= 0.6 is 37.8 Å². The van der Waals surface area contributed by atoms with Gasteiger partial charge in [0.1, 0.15) is 3.64 Å². The SMILES string of the molecule is C=Cc1ccc(SP(=S)(SCC)Sc2ccc(C=C)cc2)cc1. The zero-order chi connectivity index (χ0) is 16.7. The van der Waals surface area contributed by atoms with Crippen molar-refractivity contribution in [1.29, 1.82) is 0 Å². The third-order valence-corrected chi connectivity index (χ3v) is 16.1. The number of hydrogen-bond donors (Lipinski definition) is 0. The zero-order valence-corrected chi connectivity index (χ0v) is 17.1. The fraction of sp³-hybridized carbons (Fsp3) is 0.111. The molecule has 0 bridgehead atoms. The lowest BCUT2D eigenvalue weighted by molar-refractivity contribution is 1.46. The van der Waals surface area contributed by atoms with Gasteiger partial charge in [0.05, 0.1) is 0 Å².